The van der Waals surface area contributed by atoms with Crippen LogP contribution >= 0.6 is 0 Å². The van der Waals surface area contributed by atoms with Crippen molar-refractivity contribution in [2.75, 3.05) is 26.2 Å². The van der Waals surface area contributed by atoms with E-state index in [1.54, 1.807) is 18.2 Å². The van der Waals surface area contributed by atoms with Crippen LogP contribution in [-0.2, 0) is 41.6 Å². The van der Waals surface area contributed by atoms with E-state index >= 15 is 0 Å². The van der Waals surface area contributed by atoms with Crippen molar-refractivity contribution < 1.29 is 33.9 Å². The average Bonchev–Trinajstić information content (AvgIpc) is 3.68. The highest BCUT2D eigenvalue weighted by Crippen LogP contribution is 2.24. The Labute approximate surface area is 345 Å². The van der Waals surface area contributed by atoms with Gasteiger partial charge in [-0.05, 0) is 107 Å². The minimum absolute atomic E-state index is 0.00276. The second-order valence-electron chi connectivity index (χ2n) is 16.7. The van der Waals surface area contributed by atoms with Gasteiger partial charge in [0.2, 0.25) is 23.6 Å². The molecule has 2 aliphatic heterocycles. The number of carbonyl (C=O) groups is 6. The largest absolute Gasteiger partial charge is 0.508 e. The lowest BCUT2D eigenvalue weighted by molar-refractivity contribution is -0.142. The summed E-state index contributed by atoms with van der Waals surface area (Å²) in [5.74, 6) is -2.65. The third-order valence-corrected chi connectivity index (χ3v) is 11.5. The summed E-state index contributed by atoms with van der Waals surface area (Å²) in [4.78, 5) is 84.0. The fourth-order valence-electron chi connectivity index (χ4n) is 7.76. The molecule has 0 saturated carbocycles. The monoisotopic (exact) mass is 810 g/mol. The fourth-order valence-corrected chi connectivity index (χ4v) is 7.76. The summed E-state index contributed by atoms with van der Waals surface area (Å²) in [6.45, 7) is 11.3. The quantitative estimate of drug-likeness (QED) is 0.107. The molecule has 2 bridgehead atoms. The van der Waals surface area contributed by atoms with Crippen LogP contribution in [0.1, 0.15) is 116 Å². The van der Waals surface area contributed by atoms with E-state index in [9.17, 15) is 33.9 Å². The predicted octanol–water partition coefficient (Wildman–Crippen LogP) is 2.97. The lowest BCUT2D eigenvalue weighted by Crippen LogP contribution is -2.59. The molecule has 0 aromatic heterocycles. The van der Waals surface area contributed by atoms with Crippen molar-refractivity contribution in [1.82, 2.24) is 26.2 Å². The Hall–Kier alpha value is -4.14. The minimum Gasteiger partial charge on any atom is -0.508 e. The van der Waals surface area contributed by atoms with Gasteiger partial charge in [-0.2, -0.15) is 0 Å². The molecule has 1 saturated heterocycles. The third-order valence-electron chi connectivity index (χ3n) is 11.5. The summed E-state index contributed by atoms with van der Waals surface area (Å²) >= 11 is 0. The highest BCUT2D eigenvalue weighted by atomic mass is 16.3. The molecule has 7 atom stereocenters. The van der Waals surface area contributed by atoms with E-state index in [0.29, 0.717) is 95.0 Å². The van der Waals surface area contributed by atoms with Crippen LogP contribution in [0, 0.1) is 17.8 Å². The number of nitrogens with two attached hydrogens (primary N) is 2. The molecule has 2 heterocycles. The van der Waals surface area contributed by atoms with E-state index in [4.69, 9.17) is 11.5 Å². The van der Waals surface area contributed by atoms with Gasteiger partial charge < -0.3 is 42.7 Å². The minimum atomic E-state index is -1.15. The van der Waals surface area contributed by atoms with Crippen molar-refractivity contribution in [1.29, 1.82) is 0 Å². The summed E-state index contributed by atoms with van der Waals surface area (Å²) in [6, 6.07) is 0.408. The Morgan fingerprint density at radius 2 is 1.76 bits per heavy atom. The summed E-state index contributed by atoms with van der Waals surface area (Å²) in [5, 5.41) is 22.8. The molecule has 3 rings (SSSR count). The van der Waals surface area contributed by atoms with E-state index in [2.05, 4.69) is 21.3 Å². The highest BCUT2D eigenvalue weighted by Gasteiger charge is 2.40. The number of phenolic OH excluding ortho intramolecular Hbond substituents is 1. The van der Waals surface area contributed by atoms with Gasteiger partial charge in [0.1, 0.15) is 29.7 Å². The number of Topliss-reactive ketones (excluding diaryl/α,β-unsaturated/α-hetero) is 2. The number of phenols is 1. The Morgan fingerprint density at radius 1 is 1.00 bits per heavy atom. The molecule has 0 spiro atoms. The first-order valence-corrected chi connectivity index (χ1v) is 21.5. The third kappa shape index (κ3) is 15.2. The van der Waals surface area contributed by atoms with Gasteiger partial charge in [-0.15, -0.1) is 0 Å². The van der Waals surface area contributed by atoms with Crippen molar-refractivity contribution in [3.63, 3.8) is 0 Å². The molecule has 1 aromatic carbocycles. The van der Waals surface area contributed by atoms with Gasteiger partial charge in [0, 0.05) is 31.8 Å². The zero-order chi connectivity index (χ0) is 42.8. The lowest BCUT2D eigenvalue weighted by Gasteiger charge is -2.31. The molecule has 14 heteroatoms. The molecule has 1 aromatic rings. The number of carbonyl (C=O) groups excluding carboxylic acids is 6. The van der Waals surface area contributed by atoms with E-state index < -0.39 is 59.8 Å². The molecule has 58 heavy (non-hydrogen) atoms. The van der Waals surface area contributed by atoms with Gasteiger partial charge in [-0.3, -0.25) is 28.8 Å². The van der Waals surface area contributed by atoms with Gasteiger partial charge in [-0.1, -0.05) is 64.8 Å². The number of allylic oxidation sites excluding steroid dienone is 1. The first-order chi connectivity index (χ1) is 27.7. The number of hydrogen-bond acceptors (Lipinski definition) is 10. The second-order valence-corrected chi connectivity index (χ2v) is 16.7. The Bertz CT molecular complexity index is 1570. The maximum Gasteiger partial charge on any atom is 0.245 e. The molecule has 1 fully saturated rings. The number of amides is 4. The summed E-state index contributed by atoms with van der Waals surface area (Å²) in [6.07, 6.45) is 9.95. The second kappa shape index (κ2) is 24.7. The van der Waals surface area contributed by atoms with Gasteiger partial charge in [0.15, 0.2) is 5.78 Å². The Kier molecular flexibility index (Phi) is 20.5. The van der Waals surface area contributed by atoms with Crippen LogP contribution in [0.3, 0.4) is 0 Å². The number of benzene rings is 1. The van der Waals surface area contributed by atoms with E-state index in [-0.39, 0.29) is 42.0 Å². The molecule has 9 N–H and O–H groups in total. The average molecular weight is 810 g/mol. The maximum atomic E-state index is 14.4. The lowest BCUT2D eigenvalue weighted by atomic mass is 9.85. The van der Waals surface area contributed by atoms with Crippen LogP contribution in [0.5, 0.6) is 5.75 Å². The Balaban J connectivity index is 2.00. The van der Waals surface area contributed by atoms with E-state index in [1.807, 2.05) is 39.8 Å². The SMILES string of the molecule is CCC(C)[C@H](NC(=O)[C@@H]1Cc2ccc(O)c(c2)CC=CCNCCCC[C@@H](N)C(=O)N[C@@H](CCCCN)C(=O)N2CCC[C@H]2C(=O)N1)C(=O)C[C@@H](CC(C)C)C(C)=O. The van der Waals surface area contributed by atoms with Crippen molar-refractivity contribution in [2.45, 2.75) is 148 Å². The van der Waals surface area contributed by atoms with E-state index in [0.717, 1.165) is 13.0 Å². The van der Waals surface area contributed by atoms with Crippen molar-refractivity contribution in [2.24, 2.45) is 29.2 Å². The van der Waals surface area contributed by atoms with Gasteiger partial charge >= 0.3 is 0 Å². The highest BCUT2D eigenvalue weighted by molar-refractivity contribution is 5.97. The smallest absolute Gasteiger partial charge is 0.245 e. The van der Waals surface area contributed by atoms with E-state index in [1.165, 1.54) is 11.8 Å². The van der Waals surface area contributed by atoms with Crippen LogP contribution in [-0.4, -0.2) is 102 Å². The topological polar surface area (TPSA) is 226 Å². The normalized spacial score (nSPS) is 23.3. The molecule has 1 unspecified atom stereocenters. The van der Waals surface area contributed by atoms with Crippen LogP contribution in [0.2, 0.25) is 0 Å². The summed E-state index contributed by atoms with van der Waals surface area (Å²) in [5.41, 5.74) is 13.3. The number of unbranched alkanes of at least 4 members (excludes halogenated alkanes) is 1. The molecule has 0 aliphatic carbocycles. The van der Waals surface area contributed by atoms with Crippen molar-refractivity contribution in [3.8, 4) is 5.75 Å². The molecule has 4 amide bonds. The predicted molar refractivity (Wildman–Crippen MR) is 225 cm³/mol. The zero-order valence-electron chi connectivity index (χ0n) is 35.5. The number of ketones is 2. The standard InChI is InChI=1S/C44H71N7O7/c1-6-29(4)40(39(54)27-33(30(5)52)24-28(2)3)50-42(56)36-26-31-18-19-38(53)32(25-31)14-8-11-21-47-22-12-9-15-34(46)41(55)48-35(16-7-10-20-45)44(58)51-23-13-17-37(51)43(57)49-36/h8,11,18-19,25,28-29,33-37,40,47,53H,6-7,9-10,12-17,20-24,26-27,45-46H2,1-5H3,(H,48,55)(H,49,57)(H,50,56)/t29?,33-,34-,35+,36+,37+,40+/m1/s1. The molecule has 14 nitrogen and oxygen atoms in total. The first-order valence-electron chi connectivity index (χ1n) is 21.5. The van der Waals surface area contributed by atoms with Crippen LogP contribution in [0.25, 0.3) is 0 Å². The van der Waals surface area contributed by atoms with Gasteiger partial charge in [-0.25, -0.2) is 0 Å². The van der Waals surface area contributed by atoms with Crippen LogP contribution in [0.4, 0.5) is 0 Å². The first kappa shape index (κ1) is 48.2. The number of hydrogen-bond donors (Lipinski definition) is 7. The molecule has 0 radical (unpaired) electrons. The molecule has 2 aliphatic rings. The Morgan fingerprint density at radius 3 is 2.45 bits per heavy atom. The fraction of sp³-hybridized carbons (Fsp3) is 0.682. The number of nitrogens with one attached hydrogen (secondary N) is 4. The number of rotatable bonds is 14. The van der Waals surface area contributed by atoms with Crippen LogP contribution < -0.4 is 32.7 Å². The number of nitrogens with zero attached hydrogens (tertiary/aromatic N) is 1. The number of aromatic hydroxyl groups is 1. The van der Waals surface area contributed by atoms with Gasteiger partial charge in [0.25, 0.3) is 0 Å². The molecular formula is C44H71N7O7. The van der Waals surface area contributed by atoms with Crippen LogP contribution in [0.15, 0.2) is 30.4 Å². The molecule has 324 valence electrons. The zero-order valence-corrected chi connectivity index (χ0v) is 35.5. The summed E-state index contributed by atoms with van der Waals surface area (Å²) in [7, 11) is 0. The van der Waals surface area contributed by atoms with Crippen molar-refractivity contribution >= 4 is 35.2 Å². The van der Waals surface area contributed by atoms with Gasteiger partial charge in [0.05, 0.1) is 12.1 Å². The van der Waals surface area contributed by atoms with Crippen molar-refractivity contribution in [3.05, 3.63) is 41.5 Å². The summed E-state index contributed by atoms with van der Waals surface area (Å²) < 4.78 is 0. The molecular weight excluding hydrogens is 739 g/mol. The number of fused-ring (bicyclic) bond motifs is 3. The maximum absolute atomic E-state index is 14.4.